The lowest BCUT2D eigenvalue weighted by molar-refractivity contribution is 0.0503. The van der Waals surface area contributed by atoms with E-state index in [4.69, 9.17) is 4.74 Å². The van der Waals surface area contributed by atoms with Crippen LogP contribution in [0, 0.1) is 0 Å². The van der Waals surface area contributed by atoms with Gasteiger partial charge in [-0.1, -0.05) is 13.3 Å². The molecule has 0 aliphatic heterocycles. The number of nitrogens with zero attached hydrogens (tertiary/aromatic N) is 1. The molecule has 1 amide bonds. The summed E-state index contributed by atoms with van der Waals surface area (Å²) in [6, 6.07) is 0.552. The number of amides is 1. The van der Waals surface area contributed by atoms with Gasteiger partial charge in [0, 0.05) is 12.6 Å². The Labute approximate surface area is 157 Å². The lowest BCUT2D eigenvalue weighted by atomic mass is 10.1. The monoisotopic (exact) mass is 440 g/mol. The lowest BCUT2D eigenvalue weighted by Gasteiger charge is -2.23. The second kappa shape index (κ2) is 10.9. The molecule has 6 nitrogen and oxygen atoms in total. The molecule has 0 saturated heterocycles. The molecule has 1 rings (SSSR count). The predicted octanol–water partition coefficient (Wildman–Crippen LogP) is 3.02. The van der Waals surface area contributed by atoms with Crippen molar-refractivity contribution in [3.05, 3.63) is 0 Å². The average Bonchev–Trinajstić information content (AvgIpc) is 3.17. The second-order valence-corrected chi connectivity index (χ2v) is 6.77. The first-order valence-electron chi connectivity index (χ1n) is 8.38. The van der Waals surface area contributed by atoms with Crippen molar-refractivity contribution in [3.63, 3.8) is 0 Å². The van der Waals surface area contributed by atoms with Crippen LogP contribution < -0.4 is 16.0 Å². The van der Waals surface area contributed by atoms with Gasteiger partial charge in [-0.25, -0.2) is 4.79 Å². The fourth-order valence-corrected chi connectivity index (χ4v) is 1.97. The van der Waals surface area contributed by atoms with Gasteiger partial charge in [0.2, 0.25) is 0 Å². The van der Waals surface area contributed by atoms with Crippen molar-refractivity contribution in [2.24, 2.45) is 4.99 Å². The van der Waals surface area contributed by atoms with Crippen molar-refractivity contribution in [2.45, 2.75) is 78.0 Å². The molecule has 23 heavy (non-hydrogen) atoms. The van der Waals surface area contributed by atoms with E-state index in [1.807, 2.05) is 27.7 Å². The lowest BCUT2D eigenvalue weighted by Crippen LogP contribution is -2.43. The Kier molecular flexibility index (Phi) is 10.6. The number of carbonyl (C=O) groups is 1. The Balaban J connectivity index is 0.00000484. The van der Waals surface area contributed by atoms with E-state index in [1.54, 1.807) is 0 Å². The van der Waals surface area contributed by atoms with Gasteiger partial charge in [0.05, 0.1) is 12.6 Å². The molecule has 1 aliphatic carbocycles. The van der Waals surface area contributed by atoms with E-state index >= 15 is 0 Å². The Bertz CT molecular complexity index is 379. The molecule has 1 aliphatic rings. The highest BCUT2D eigenvalue weighted by Gasteiger charge is 2.23. The highest BCUT2D eigenvalue weighted by Crippen LogP contribution is 2.18. The summed E-state index contributed by atoms with van der Waals surface area (Å²) in [4.78, 5) is 16.5. The molecule has 3 N–H and O–H groups in total. The molecule has 0 heterocycles. The maximum absolute atomic E-state index is 11.9. The van der Waals surface area contributed by atoms with Crippen LogP contribution in [0.15, 0.2) is 4.99 Å². The number of halogens is 1. The highest BCUT2D eigenvalue weighted by atomic mass is 127. The van der Waals surface area contributed by atoms with Crippen molar-refractivity contribution >= 4 is 36.0 Å². The molecule has 0 radical (unpaired) electrons. The molecule has 136 valence electrons. The van der Waals surface area contributed by atoms with Crippen molar-refractivity contribution in [3.8, 4) is 0 Å². The standard InChI is InChI=1S/C16H32N4O2.HI/c1-6-8-13(20-15(21)22-16(3,4)5)11-18-14(17-7-2)19-12-9-10-12;/h12-13H,6-11H2,1-5H3,(H,20,21)(H2,17,18,19);1H. The summed E-state index contributed by atoms with van der Waals surface area (Å²) in [5.74, 6) is 0.831. The van der Waals surface area contributed by atoms with Crippen LogP contribution in [0.4, 0.5) is 4.79 Å². The highest BCUT2D eigenvalue weighted by molar-refractivity contribution is 14.0. The number of nitrogens with one attached hydrogen (secondary N) is 3. The van der Waals surface area contributed by atoms with Crippen molar-refractivity contribution in [2.75, 3.05) is 13.1 Å². The minimum Gasteiger partial charge on any atom is -0.444 e. The number of aliphatic imine (C=N–C) groups is 1. The van der Waals surface area contributed by atoms with Crippen molar-refractivity contribution in [1.82, 2.24) is 16.0 Å². The maximum atomic E-state index is 11.9. The van der Waals surface area contributed by atoms with E-state index in [9.17, 15) is 4.79 Å². The summed E-state index contributed by atoms with van der Waals surface area (Å²) in [5, 5.41) is 9.53. The summed E-state index contributed by atoms with van der Waals surface area (Å²) in [6.45, 7) is 11.1. The predicted molar refractivity (Wildman–Crippen MR) is 106 cm³/mol. The van der Waals surface area contributed by atoms with Crippen LogP contribution in [-0.2, 0) is 4.74 Å². The van der Waals surface area contributed by atoms with Gasteiger partial charge in [0.25, 0.3) is 0 Å². The zero-order chi connectivity index (χ0) is 16.6. The SMILES string of the molecule is CCCC(CN=C(NCC)NC1CC1)NC(=O)OC(C)(C)C.I. The minimum atomic E-state index is -0.480. The fourth-order valence-electron chi connectivity index (χ4n) is 1.97. The van der Waals surface area contributed by atoms with Crippen LogP contribution in [0.2, 0.25) is 0 Å². The summed E-state index contributed by atoms with van der Waals surface area (Å²) in [5.41, 5.74) is -0.480. The van der Waals surface area contributed by atoms with Gasteiger partial charge in [-0.05, 0) is 47.0 Å². The van der Waals surface area contributed by atoms with Gasteiger partial charge < -0.3 is 20.7 Å². The number of hydrogen-bond acceptors (Lipinski definition) is 3. The first-order valence-corrected chi connectivity index (χ1v) is 8.38. The summed E-state index contributed by atoms with van der Waals surface area (Å²) in [6.07, 6.45) is 3.91. The number of carbonyl (C=O) groups excluding carboxylic acids is 1. The summed E-state index contributed by atoms with van der Waals surface area (Å²) in [7, 11) is 0. The zero-order valence-electron chi connectivity index (χ0n) is 15.1. The third-order valence-electron chi connectivity index (χ3n) is 3.09. The second-order valence-electron chi connectivity index (χ2n) is 6.77. The van der Waals surface area contributed by atoms with Gasteiger partial charge in [-0.3, -0.25) is 4.99 Å². The van der Waals surface area contributed by atoms with E-state index < -0.39 is 5.60 Å². The van der Waals surface area contributed by atoms with E-state index in [0.29, 0.717) is 12.6 Å². The largest absolute Gasteiger partial charge is 0.444 e. The Morgan fingerprint density at radius 1 is 1.30 bits per heavy atom. The van der Waals surface area contributed by atoms with E-state index in [1.165, 1.54) is 12.8 Å². The molecule has 0 bridgehead atoms. The molecule has 0 aromatic heterocycles. The number of rotatable bonds is 7. The Morgan fingerprint density at radius 3 is 2.43 bits per heavy atom. The minimum absolute atomic E-state index is 0. The molecule has 7 heteroatoms. The molecule has 1 unspecified atom stereocenters. The van der Waals surface area contributed by atoms with E-state index in [0.717, 1.165) is 25.3 Å². The number of alkyl carbamates (subject to hydrolysis) is 1. The van der Waals surface area contributed by atoms with Gasteiger partial charge in [-0.2, -0.15) is 0 Å². The molecular weight excluding hydrogens is 407 g/mol. The molecule has 1 fully saturated rings. The Morgan fingerprint density at radius 2 is 1.96 bits per heavy atom. The quantitative estimate of drug-likeness (QED) is 0.323. The van der Waals surface area contributed by atoms with Crippen LogP contribution in [0.3, 0.4) is 0 Å². The average molecular weight is 440 g/mol. The van der Waals surface area contributed by atoms with E-state index in [2.05, 4.69) is 27.9 Å². The normalized spacial score (nSPS) is 16.1. The summed E-state index contributed by atoms with van der Waals surface area (Å²) < 4.78 is 5.31. The molecular formula is C16H33IN4O2. The third kappa shape index (κ3) is 11.4. The van der Waals surface area contributed by atoms with Crippen molar-refractivity contribution in [1.29, 1.82) is 0 Å². The number of hydrogen-bond donors (Lipinski definition) is 3. The summed E-state index contributed by atoms with van der Waals surface area (Å²) >= 11 is 0. The Hall–Kier alpha value is -0.730. The number of guanidine groups is 1. The molecule has 0 aromatic rings. The van der Waals surface area contributed by atoms with Crippen LogP contribution >= 0.6 is 24.0 Å². The van der Waals surface area contributed by atoms with Crippen LogP contribution in [0.25, 0.3) is 0 Å². The van der Waals surface area contributed by atoms with Gasteiger partial charge >= 0.3 is 6.09 Å². The van der Waals surface area contributed by atoms with Gasteiger partial charge in [0.15, 0.2) is 5.96 Å². The van der Waals surface area contributed by atoms with Crippen LogP contribution in [0.5, 0.6) is 0 Å². The van der Waals surface area contributed by atoms with Gasteiger partial charge in [-0.15, -0.1) is 24.0 Å². The van der Waals surface area contributed by atoms with Crippen LogP contribution in [0.1, 0.15) is 60.3 Å². The van der Waals surface area contributed by atoms with Crippen LogP contribution in [-0.4, -0.2) is 42.8 Å². The molecule has 1 atom stereocenters. The smallest absolute Gasteiger partial charge is 0.407 e. The topological polar surface area (TPSA) is 74.8 Å². The first-order chi connectivity index (χ1) is 10.3. The molecule has 0 aromatic carbocycles. The maximum Gasteiger partial charge on any atom is 0.407 e. The fraction of sp³-hybridized carbons (Fsp3) is 0.875. The zero-order valence-corrected chi connectivity index (χ0v) is 17.4. The number of ether oxygens (including phenoxy) is 1. The molecule has 0 spiro atoms. The van der Waals surface area contributed by atoms with E-state index in [-0.39, 0.29) is 36.1 Å². The van der Waals surface area contributed by atoms with Crippen molar-refractivity contribution < 1.29 is 9.53 Å². The van der Waals surface area contributed by atoms with Gasteiger partial charge in [0.1, 0.15) is 5.60 Å². The third-order valence-corrected chi connectivity index (χ3v) is 3.09. The first kappa shape index (κ1) is 22.3. The molecule has 1 saturated carbocycles.